The second-order valence-electron chi connectivity index (χ2n) is 7.37. The molecular formula is C18H29N6O5+. The highest BCUT2D eigenvalue weighted by atomic mass is 16.5. The molecule has 1 aliphatic heterocycles. The fourth-order valence-electron chi connectivity index (χ4n) is 3.63. The molecule has 1 amide bonds. The van der Waals surface area contributed by atoms with E-state index < -0.39 is 18.4 Å². The predicted octanol–water partition coefficient (Wildman–Crippen LogP) is -0.0579. The number of nitrogen functional groups attached to an aromatic ring is 1. The van der Waals surface area contributed by atoms with E-state index in [0.717, 1.165) is 19.3 Å². The van der Waals surface area contributed by atoms with Crippen LogP contribution >= 0.6 is 0 Å². The van der Waals surface area contributed by atoms with Gasteiger partial charge in [-0.3, -0.25) is 9.78 Å². The van der Waals surface area contributed by atoms with Gasteiger partial charge >= 0.3 is 11.7 Å². The maximum atomic E-state index is 12.2. The van der Waals surface area contributed by atoms with Crippen LogP contribution in [0.3, 0.4) is 0 Å². The summed E-state index contributed by atoms with van der Waals surface area (Å²) in [4.78, 5) is 30.7. The number of ether oxygens (including phenoxy) is 2. The van der Waals surface area contributed by atoms with Crippen molar-refractivity contribution in [3.8, 4) is 0 Å². The van der Waals surface area contributed by atoms with Crippen molar-refractivity contribution in [3.05, 3.63) is 16.7 Å². The maximum absolute atomic E-state index is 12.2. The Morgan fingerprint density at radius 2 is 2.28 bits per heavy atom. The van der Waals surface area contributed by atoms with Gasteiger partial charge in [0.15, 0.2) is 0 Å². The first-order chi connectivity index (χ1) is 13.8. The van der Waals surface area contributed by atoms with Crippen LogP contribution in [-0.4, -0.2) is 51.1 Å². The molecule has 1 aliphatic rings. The second kappa shape index (κ2) is 8.78. The van der Waals surface area contributed by atoms with Crippen molar-refractivity contribution in [2.45, 2.75) is 51.5 Å². The Morgan fingerprint density at radius 1 is 1.52 bits per heavy atom. The SMILES string of the molecule is CCCCCOC(=O)NC[C@H]1[C@@H](O)[C@H](n2c[n+](C)c3c(=O)[nH]c(N)nc32)O[C@@H]1C. The Kier molecular flexibility index (Phi) is 6.38. The number of aryl methyl sites for hydroxylation is 1. The fraction of sp³-hybridized carbons (Fsp3) is 0.667. The summed E-state index contributed by atoms with van der Waals surface area (Å²) in [6.07, 6.45) is 1.96. The lowest BCUT2D eigenvalue weighted by molar-refractivity contribution is -0.646. The van der Waals surface area contributed by atoms with Crippen LogP contribution in [0.4, 0.5) is 10.7 Å². The van der Waals surface area contributed by atoms with Gasteiger partial charge in [-0.1, -0.05) is 19.8 Å². The molecule has 160 valence electrons. The highest BCUT2D eigenvalue weighted by Crippen LogP contribution is 2.34. The van der Waals surface area contributed by atoms with Crippen LogP contribution < -0.4 is 21.2 Å². The standard InChI is InChI=1S/C18H28N6O5/c1-4-5-6-7-28-18(27)20-8-11-10(2)29-16(13(11)25)24-9-23(3)12-14(24)21-17(19)22-15(12)26/h9-11,13,16,25H,4-8H2,1-3H3,(H3-,19,20,21,22,26,27)/p+1/t10-,11-,13-,16-/m1/s1. The van der Waals surface area contributed by atoms with E-state index in [9.17, 15) is 14.7 Å². The molecule has 3 rings (SSSR count). The summed E-state index contributed by atoms with van der Waals surface area (Å²) >= 11 is 0. The van der Waals surface area contributed by atoms with Gasteiger partial charge in [0.25, 0.3) is 11.2 Å². The molecule has 0 aromatic carbocycles. The molecule has 1 saturated heterocycles. The Bertz CT molecular complexity index is 925. The van der Waals surface area contributed by atoms with Crippen LogP contribution in [0, 0.1) is 5.92 Å². The summed E-state index contributed by atoms with van der Waals surface area (Å²) in [7, 11) is 1.70. The van der Waals surface area contributed by atoms with Crippen molar-refractivity contribution < 1.29 is 23.9 Å². The summed E-state index contributed by atoms with van der Waals surface area (Å²) in [5.41, 5.74) is 5.93. The zero-order valence-corrected chi connectivity index (χ0v) is 16.9. The van der Waals surface area contributed by atoms with Gasteiger partial charge in [-0.05, 0) is 13.3 Å². The van der Waals surface area contributed by atoms with Gasteiger partial charge in [0.2, 0.25) is 18.5 Å². The fourth-order valence-corrected chi connectivity index (χ4v) is 3.63. The lowest BCUT2D eigenvalue weighted by atomic mass is 9.99. The Hall–Kier alpha value is -2.66. The minimum atomic E-state index is -0.927. The number of nitrogens with one attached hydrogen (secondary N) is 2. The summed E-state index contributed by atoms with van der Waals surface area (Å²) in [5.74, 6) is -0.377. The average Bonchev–Trinajstić information content (AvgIpc) is 3.13. The molecule has 0 radical (unpaired) electrons. The zero-order chi connectivity index (χ0) is 21.1. The number of hydrogen-bond donors (Lipinski definition) is 4. The van der Waals surface area contributed by atoms with Crippen LogP contribution in [0.25, 0.3) is 11.2 Å². The lowest BCUT2D eigenvalue weighted by Crippen LogP contribution is -2.38. The minimum absolute atomic E-state index is 0.0213. The maximum Gasteiger partial charge on any atom is 0.407 e. The molecule has 11 nitrogen and oxygen atoms in total. The topological polar surface area (TPSA) is 148 Å². The van der Waals surface area contributed by atoms with Crippen molar-refractivity contribution in [1.82, 2.24) is 19.9 Å². The monoisotopic (exact) mass is 409 g/mol. The molecule has 5 N–H and O–H groups in total. The number of unbranched alkanes of at least 4 members (excludes halogenated alkanes) is 2. The van der Waals surface area contributed by atoms with Gasteiger partial charge < -0.3 is 25.6 Å². The molecule has 3 heterocycles. The number of carbonyl (C=O) groups excluding carboxylic acids is 1. The number of amides is 1. The van der Waals surface area contributed by atoms with Crippen molar-refractivity contribution in [2.24, 2.45) is 13.0 Å². The van der Waals surface area contributed by atoms with E-state index in [4.69, 9.17) is 15.2 Å². The van der Waals surface area contributed by atoms with E-state index >= 15 is 0 Å². The van der Waals surface area contributed by atoms with E-state index in [2.05, 4.69) is 22.2 Å². The predicted molar refractivity (Wildman–Crippen MR) is 104 cm³/mol. The van der Waals surface area contributed by atoms with Gasteiger partial charge in [-0.15, -0.1) is 0 Å². The first-order valence-corrected chi connectivity index (χ1v) is 9.83. The smallest absolute Gasteiger partial charge is 0.407 e. The van der Waals surface area contributed by atoms with E-state index in [0.29, 0.717) is 17.8 Å². The van der Waals surface area contributed by atoms with Crippen molar-refractivity contribution >= 4 is 23.2 Å². The number of aliphatic hydroxyl groups excluding tert-OH is 1. The van der Waals surface area contributed by atoms with Gasteiger partial charge in [0.1, 0.15) is 6.10 Å². The molecule has 2 aromatic heterocycles. The number of carbonyl (C=O) groups is 1. The van der Waals surface area contributed by atoms with E-state index in [-0.39, 0.29) is 30.1 Å². The molecule has 0 spiro atoms. The van der Waals surface area contributed by atoms with Gasteiger partial charge in [0.05, 0.1) is 19.8 Å². The zero-order valence-electron chi connectivity index (χ0n) is 16.9. The quantitative estimate of drug-likeness (QED) is 0.370. The van der Waals surface area contributed by atoms with Crippen molar-refractivity contribution in [1.29, 1.82) is 0 Å². The summed E-state index contributed by atoms with van der Waals surface area (Å²) in [6, 6.07) is 0. The first-order valence-electron chi connectivity index (χ1n) is 9.83. The second-order valence-corrected chi connectivity index (χ2v) is 7.37. The lowest BCUT2D eigenvalue weighted by Gasteiger charge is -2.17. The molecule has 2 aromatic rings. The largest absolute Gasteiger partial charge is 0.450 e. The number of nitrogens with two attached hydrogens (primary N) is 1. The number of aromatic amines is 1. The molecule has 0 bridgehead atoms. The summed E-state index contributed by atoms with van der Waals surface area (Å²) < 4.78 is 14.2. The number of nitrogens with zero attached hydrogens (tertiary/aromatic N) is 3. The van der Waals surface area contributed by atoms with Crippen LogP contribution in [0.1, 0.15) is 39.3 Å². The van der Waals surface area contributed by atoms with Crippen LogP contribution in [0.5, 0.6) is 0 Å². The number of imidazole rings is 1. The van der Waals surface area contributed by atoms with Crippen LogP contribution in [0.2, 0.25) is 0 Å². The molecular weight excluding hydrogens is 380 g/mol. The van der Waals surface area contributed by atoms with Crippen molar-refractivity contribution in [2.75, 3.05) is 18.9 Å². The number of aliphatic hydroxyl groups is 1. The molecule has 0 unspecified atom stereocenters. The normalized spacial score (nSPS) is 24.1. The minimum Gasteiger partial charge on any atom is -0.450 e. The van der Waals surface area contributed by atoms with E-state index in [1.807, 2.05) is 6.92 Å². The highest BCUT2D eigenvalue weighted by molar-refractivity contribution is 5.67. The van der Waals surface area contributed by atoms with Gasteiger partial charge in [-0.2, -0.15) is 9.55 Å². The Morgan fingerprint density at radius 3 is 3.00 bits per heavy atom. The molecule has 4 atom stereocenters. The molecule has 11 heteroatoms. The number of hydrogen-bond acceptors (Lipinski definition) is 7. The summed E-state index contributed by atoms with van der Waals surface area (Å²) in [5, 5.41) is 13.5. The molecule has 0 saturated carbocycles. The average molecular weight is 409 g/mol. The number of rotatable bonds is 7. The third kappa shape index (κ3) is 4.35. The molecule has 1 fully saturated rings. The van der Waals surface area contributed by atoms with E-state index in [1.54, 1.807) is 22.5 Å². The van der Waals surface area contributed by atoms with Crippen LogP contribution in [0.15, 0.2) is 11.1 Å². The van der Waals surface area contributed by atoms with Crippen LogP contribution in [-0.2, 0) is 16.5 Å². The van der Waals surface area contributed by atoms with Gasteiger partial charge in [-0.25, -0.2) is 9.36 Å². The number of alkyl carbamates (subject to hydrolysis) is 1. The third-order valence-corrected chi connectivity index (χ3v) is 5.21. The highest BCUT2D eigenvalue weighted by Gasteiger charge is 2.46. The Balaban J connectivity index is 1.70. The Labute approximate surface area is 167 Å². The number of aromatic nitrogens is 4. The van der Waals surface area contributed by atoms with E-state index in [1.165, 1.54) is 0 Å². The van der Waals surface area contributed by atoms with Gasteiger partial charge in [0, 0.05) is 12.5 Å². The molecule has 0 aliphatic carbocycles. The third-order valence-electron chi connectivity index (χ3n) is 5.21. The number of fused-ring (bicyclic) bond motifs is 1. The summed E-state index contributed by atoms with van der Waals surface area (Å²) in [6.45, 7) is 4.47. The first kappa shape index (κ1) is 21.1. The number of H-pyrrole nitrogens is 1. The number of anilines is 1. The van der Waals surface area contributed by atoms with Crippen molar-refractivity contribution in [3.63, 3.8) is 0 Å². The molecule has 29 heavy (non-hydrogen) atoms.